The molecule has 25 heavy (non-hydrogen) atoms. The average Bonchev–Trinajstić information content (AvgIpc) is 3.15. The summed E-state index contributed by atoms with van der Waals surface area (Å²) in [6.07, 6.45) is 3.41. The van der Waals surface area contributed by atoms with Crippen LogP contribution in [0, 0.1) is 0 Å². The van der Waals surface area contributed by atoms with Gasteiger partial charge in [-0.2, -0.15) is 4.31 Å². The lowest BCUT2D eigenvalue weighted by Gasteiger charge is -2.17. The van der Waals surface area contributed by atoms with Crippen molar-refractivity contribution in [3.8, 4) is 5.75 Å². The van der Waals surface area contributed by atoms with E-state index in [-0.39, 0.29) is 16.8 Å². The fraction of sp³-hybridized carbons (Fsp3) is 0.611. The quantitative estimate of drug-likeness (QED) is 0.764. The van der Waals surface area contributed by atoms with E-state index >= 15 is 0 Å². The Morgan fingerprint density at radius 3 is 2.60 bits per heavy atom. The maximum atomic E-state index is 12.7. The van der Waals surface area contributed by atoms with Gasteiger partial charge in [0.2, 0.25) is 15.9 Å². The van der Waals surface area contributed by atoms with Crippen molar-refractivity contribution in [1.82, 2.24) is 9.62 Å². The lowest BCUT2D eigenvalue weighted by atomic mass is 10.1. The number of ether oxygens (including phenoxy) is 1. The molecule has 140 valence electrons. The van der Waals surface area contributed by atoms with Crippen LogP contribution in [-0.2, 0) is 21.2 Å². The van der Waals surface area contributed by atoms with E-state index in [2.05, 4.69) is 5.32 Å². The molecule has 7 heteroatoms. The van der Waals surface area contributed by atoms with Crippen LogP contribution >= 0.6 is 0 Å². The van der Waals surface area contributed by atoms with Crippen molar-refractivity contribution in [2.24, 2.45) is 0 Å². The molecule has 0 radical (unpaired) electrons. The molecule has 1 aromatic carbocycles. The Balaban J connectivity index is 2.15. The van der Waals surface area contributed by atoms with Gasteiger partial charge in [0.25, 0.3) is 0 Å². The van der Waals surface area contributed by atoms with E-state index in [1.54, 1.807) is 25.3 Å². The van der Waals surface area contributed by atoms with E-state index in [0.717, 1.165) is 24.8 Å². The Morgan fingerprint density at radius 1 is 1.32 bits per heavy atom. The zero-order valence-electron chi connectivity index (χ0n) is 15.2. The van der Waals surface area contributed by atoms with Crippen LogP contribution in [0.15, 0.2) is 23.1 Å². The second kappa shape index (κ2) is 8.67. The van der Waals surface area contributed by atoms with Gasteiger partial charge in [-0.15, -0.1) is 0 Å². The van der Waals surface area contributed by atoms with Crippen LogP contribution in [0.3, 0.4) is 0 Å². The maximum absolute atomic E-state index is 12.7. The molecule has 0 bridgehead atoms. The molecule has 1 heterocycles. The maximum Gasteiger partial charge on any atom is 0.243 e. The number of carbonyl (C=O) groups excluding carboxylic acids is 1. The van der Waals surface area contributed by atoms with Crippen LogP contribution in [0.1, 0.15) is 45.1 Å². The SMILES string of the molecule is CC[C@H](C)NC(=O)CCc1cc(S(=O)(=O)N2CCCC2)ccc1OC. The van der Waals surface area contributed by atoms with Crippen molar-refractivity contribution < 1.29 is 17.9 Å². The molecule has 0 saturated carbocycles. The molecule has 1 aliphatic rings. The lowest BCUT2D eigenvalue weighted by Crippen LogP contribution is -2.32. The Morgan fingerprint density at radius 2 is 2.00 bits per heavy atom. The number of benzene rings is 1. The van der Waals surface area contributed by atoms with Crippen LogP contribution in [0.25, 0.3) is 0 Å². The zero-order valence-corrected chi connectivity index (χ0v) is 16.1. The molecule has 0 aromatic heterocycles. The molecule has 0 aliphatic carbocycles. The predicted octanol–water partition coefficient (Wildman–Crippen LogP) is 2.33. The van der Waals surface area contributed by atoms with Crippen LogP contribution in [-0.4, -0.2) is 44.9 Å². The molecule has 0 unspecified atom stereocenters. The topological polar surface area (TPSA) is 75.7 Å². The molecule has 0 spiro atoms. The smallest absolute Gasteiger partial charge is 0.243 e. The van der Waals surface area contributed by atoms with Crippen molar-refractivity contribution in [3.05, 3.63) is 23.8 Å². The first-order chi connectivity index (χ1) is 11.9. The summed E-state index contributed by atoms with van der Waals surface area (Å²) in [6, 6.07) is 5.03. The van der Waals surface area contributed by atoms with Crippen LogP contribution in [0.5, 0.6) is 5.75 Å². The summed E-state index contributed by atoms with van der Waals surface area (Å²) in [6.45, 7) is 5.12. The van der Waals surface area contributed by atoms with Crippen LogP contribution in [0.4, 0.5) is 0 Å². The van der Waals surface area contributed by atoms with Gasteiger partial charge in [-0.1, -0.05) is 6.92 Å². The first-order valence-corrected chi connectivity index (χ1v) is 10.3. The Hall–Kier alpha value is -1.60. The molecule has 2 rings (SSSR count). The predicted molar refractivity (Wildman–Crippen MR) is 97.2 cm³/mol. The first-order valence-electron chi connectivity index (χ1n) is 8.85. The third-order valence-corrected chi connectivity index (χ3v) is 6.49. The summed E-state index contributed by atoms with van der Waals surface area (Å²) in [5, 5.41) is 2.92. The summed E-state index contributed by atoms with van der Waals surface area (Å²) in [5.74, 6) is 0.570. The number of rotatable bonds is 8. The minimum absolute atomic E-state index is 0.0378. The number of amides is 1. The Bertz CT molecular complexity index is 697. The molecule has 1 N–H and O–H groups in total. The number of sulfonamides is 1. The van der Waals surface area contributed by atoms with E-state index in [1.807, 2.05) is 13.8 Å². The van der Waals surface area contributed by atoms with Crippen molar-refractivity contribution in [2.45, 2.75) is 56.9 Å². The monoisotopic (exact) mass is 368 g/mol. The second-order valence-corrected chi connectivity index (χ2v) is 8.40. The molecule has 1 aromatic rings. The van der Waals surface area contributed by atoms with E-state index in [1.165, 1.54) is 4.31 Å². The summed E-state index contributed by atoms with van der Waals surface area (Å²) >= 11 is 0. The van der Waals surface area contributed by atoms with Crippen molar-refractivity contribution in [3.63, 3.8) is 0 Å². The van der Waals surface area contributed by atoms with Gasteiger partial charge in [0, 0.05) is 25.6 Å². The lowest BCUT2D eigenvalue weighted by molar-refractivity contribution is -0.121. The summed E-state index contributed by atoms with van der Waals surface area (Å²) in [5.41, 5.74) is 0.738. The van der Waals surface area contributed by atoms with Gasteiger partial charge in [0.15, 0.2) is 0 Å². The van der Waals surface area contributed by atoms with Crippen molar-refractivity contribution in [1.29, 1.82) is 0 Å². The third-order valence-electron chi connectivity index (χ3n) is 4.60. The molecule has 6 nitrogen and oxygen atoms in total. The largest absolute Gasteiger partial charge is 0.496 e. The average molecular weight is 368 g/mol. The van der Waals surface area contributed by atoms with E-state index < -0.39 is 10.0 Å². The number of nitrogens with zero attached hydrogens (tertiary/aromatic N) is 1. The highest BCUT2D eigenvalue weighted by Crippen LogP contribution is 2.27. The van der Waals surface area contributed by atoms with Crippen molar-refractivity contribution in [2.75, 3.05) is 20.2 Å². The number of aryl methyl sites for hydroxylation is 1. The summed E-state index contributed by atoms with van der Waals surface area (Å²) in [7, 11) is -1.92. The normalized spacial score (nSPS) is 16.6. The first kappa shape index (κ1) is 19.7. The molecule has 1 aliphatic heterocycles. The van der Waals surface area contributed by atoms with E-state index in [9.17, 15) is 13.2 Å². The molecule has 1 atom stereocenters. The standard InChI is InChI=1S/C18H28N2O4S/c1-4-14(2)19-18(21)10-7-15-13-16(8-9-17(15)24-3)25(22,23)20-11-5-6-12-20/h8-9,13-14H,4-7,10-12H2,1-3H3,(H,19,21)/t14-/m0/s1. The molecule has 1 fully saturated rings. The van der Waals surface area contributed by atoms with Gasteiger partial charge < -0.3 is 10.1 Å². The highest BCUT2D eigenvalue weighted by atomic mass is 32.2. The number of hydrogen-bond donors (Lipinski definition) is 1. The summed E-state index contributed by atoms with van der Waals surface area (Å²) in [4.78, 5) is 12.3. The number of methoxy groups -OCH3 is 1. The van der Waals surface area contributed by atoms with Gasteiger partial charge in [0.05, 0.1) is 12.0 Å². The van der Waals surface area contributed by atoms with Gasteiger partial charge in [-0.3, -0.25) is 4.79 Å². The van der Waals surface area contributed by atoms with Gasteiger partial charge in [-0.25, -0.2) is 8.42 Å². The van der Waals surface area contributed by atoms with Crippen LogP contribution in [0.2, 0.25) is 0 Å². The fourth-order valence-corrected chi connectivity index (χ4v) is 4.45. The molecular formula is C18H28N2O4S. The summed E-state index contributed by atoms with van der Waals surface area (Å²) < 4.78 is 32.3. The van der Waals surface area contributed by atoms with Gasteiger partial charge in [0.1, 0.15) is 5.75 Å². The van der Waals surface area contributed by atoms with Crippen LogP contribution < -0.4 is 10.1 Å². The van der Waals surface area contributed by atoms with E-state index in [0.29, 0.717) is 31.7 Å². The fourth-order valence-electron chi connectivity index (χ4n) is 2.89. The Kier molecular flexibility index (Phi) is 6.84. The second-order valence-electron chi connectivity index (χ2n) is 6.46. The van der Waals surface area contributed by atoms with Crippen molar-refractivity contribution >= 4 is 15.9 Å². The highest BCUT2D eigenvalue weighted by molar-refractivity contribution is 7.89. The Labute approximate surface area is 150 Å². The third kappa shape index (κ3) is 4.95. The molecular weight excluding hydrogens is 340 g/mol. The van der Waals surface area contributed by atoms with E-state index in [4.69, 9.17) is 4.74 Å². The highest BCUT2D eigenvalue weighted by Gasteiger charge is 2.27. The number of nitrogens with one attached hydrogen (secondary N) is 1. The molecule has 1 saturated heterocycles. The minimum Gasteiger partial charge on any atom is -0.496 e. The number of hydrogen-bond acceptors (Lipinski definition) is 4. The zero-order chi connectivity index (χ0) is 18.4. The number of carbonyl (C=O) groups is 1. The minimum atomic E-state index is -3.47. The van der Waals surface area contributed by atoms with Gasteiger partial charge in [-0.05, 0) is 56.4 Å². The molecule has 1 amide bonds. The van der Waals surface area contributed by atoms with Gasteiger partial charge >= 0.3 is 0 Å².